The van der Waals surface area contributed by atoms with E-state index in [0.29, 0.717) is 12.5 Å². The van der Waals surface area contributed by atoms with Crippen LogP contribution in [-0.2, 0) is 6.61 Å². The summed E-state index contributed by atoms with van der Waals surface area (Å²) >= 11 is 0. The first-order chi connectivity index (χ1) is 8.56. The van der Waals surface area contributed by atoms with Crippen molar-refractivity contribution in [3.05, 3.63) is 41.0 Å². The van der Waals surface area contributed by atoms with E-state index in [2.05, 4.69) is 16.2 Å². The Morgan fingerprint density at radius 3 is 2.72 bits per heavy atom. The van der Waals surface area contributed by atoms with Gasteiger partial charge in [-0.05, 0) is 31.0 Å². The number of aryl methyl sites for hydroxylation is 2. The molecule has 0 aliphatic heterocycles. The molecular weight excluding hydrogens is 228 g/mol. The summed E-state index contributed by atoms with van der Waals surface area (Å²) in [5.74, 6) is 2.36. The van der Waals surface area contributed by atoms with Crippen molar-refractivity contribution in [3.8, 4) is 5.75 Å². The van der Waals surface area contributed by atoms with Gasteiger partial charge in [0.15, 0.2) is 12.4 Å². The van der Waals surface area contributed by atoms with Crippen LogP contribution in [0.3, 0.4) is 0 Å². The van der Waals surface area contributed by atoms with Crippen LogP contribution in [0.1, 0.15) is 42.6 Å². The molecule has 18 heavy (non-hydrogen) atoms. The first-order valence-corrected chi connectivity index (χ1v) is 6.09. The van der Waals surface area contributed by atoms with Gasteiger partial charge >= 0.3 is 0 Å². The predicted molar refractivity (Wildman–Crippen MR) is 68.6 cm³/mol. The van der Waals surface area contributed by atoms with Crippen LogP contribution in [-0.4, -0.2) is 10.1 Å². The molecule has 1 heterocycles. The molecule has 2 aromatic rings. The molecule has 4 heteroatoms. The lowest BCUT2D eigenvalue weighted by Gasteiger charge is -2.07. The minimum absolute atomic E-state index is 0.267. The zero-order valence-corrected chi connectivity index (χ0v) is 11.2. The van der Waals surface area contributed by atoms with E-state index < -0.39 is 0 Å². The first-order valence-electron chi connectivity index (χ1n) is 6.09. The Labute approximate surface area is 107 Å². The highest BCUT2D eigenvalue weighted by molar-refractivity contribution is 5.35. The third-order valence-corrected chi connectivity index (χ3v) is 2.69. The minimum Gasteiger partial charge on any atom is -0.483 e. The van der Waals surface area contributed by atoms with E-state index in [1.807, 2.05) is 39.8 Å². The van der Waals surface area contributed by atoms with Crippen molar-refractivity contribution in [2.75, 3.05) is 0 Å². The molecule has 2 rings (SSSR count). The van der Waals surface area contributed by atoms with Crippen LogP contribution in [0.4, 0.5) is 0 Å². The summed E-state index contributed by atoms with van der Waals surface area (Å²) in [5.41, 5.74) is 2.27. The zero-order valence-electron chi connectivity index (χ0n) is 11.2. The standard InChI is InChI=1S/C14H18N2O2/c1-9(2)14-15-13(18-16-14)8-17-12-7-10(3)5-6-11(12)4/h5-7,9H,8H2,1-4H3. The Balaban J connectivity index is 2.04. The predicted octanol–water partition coefficient (Wildman–Crippen LogP) is 3.39. The molecule has 0 amide bonds. The normalized spacial score (nSPS) is 10.9. The van der Waals surface area contributed by atoms with E-state index >= 15 is 0 Å². The molecule has 0 saturated heterocycles. The summed E-state index contributed by atoms with van der Waals surface area (Å²) in [7, 11) is 0. The summed E-state index contributed by atoms with van der Waals surface area (Å²) in [6, 6.07) is 6.11. The topological polar surface area (TPSA) is 48.2 Å². The average Bonchev–Trinajstić information content (AvgIpc) is 2.79. The van der Waals surface area contributed by atoms with Crippen LogP contribution in [0.2, 0.25) is 0 Å². The molecule has 0 radical (unpaired) electrons. The van der Waals surface area contributed by atoms with Crippen molar-refractivity contribution >= 4 is 0 Å². The summed E-state index contributed by atoms with van der Waals surface area (Å²) in [6.07, 6.45) is 0. The highest BCUT2D eigenvalue weighted by Gasteiger charge is 2.10. The van der Waals surface area contributed by atoms with Crippen molar-refractivity contribution in [1.82, 2.24) is 10.1 Å². The quantitative estimate of drug-likeness (QED) is 0.829. The summed E-state index contributed by atoms with van der Waals surface area (Å²) in [6.45, 7) is 8.42. The van der Waals surface area contributed by atoms with Crippen LogP contribution < -0.4 is 4.74 Å². The molecule has 0 atom stereocenters. The molecular formula is C14H18N2O2. The van der Waals surface area contributed by atoms with E-state index in [4.69, 9.17) is 9.26 Å². The Morgan fingerprint density at radius 1 is 1.28 bits per heavy atom. The van der Waals surface area contributed by atoms with Gasteiger partial charge in [0.25, 0.3) is 5.89 Å². The highest BCUT2D eigenvalue weighted by Crippen LogP contribution is 2.20. The average molecular weight is 246 g/mol. The molecule has 96 valence electrons. The molecule has 0 fully saturated rings. The fourth-order valence-corrected chi connectivity index (χ4v) is 1.56. The lowest BCUT2D eigenvalue weighted by Crippen LogP contribution is -1.98. The number of rotatable bonds is 4. The number of benzene rings is 1. The molecule has 4 nitrogen and oxygen atoms in total. The van der Waals surface area contributed by atoms with Gasteiger partial charge in [0.1, 0.15) is 5.75 Å². The molecule has 1 aromatic heterocycles. The van der Waals surface area contributed by atoms with Crippen LogP contribution in [0.5, 0.6) is 5.75 Å². The van der Waals surface area contributed by atoms with Gasteiger partial charge in [-0.2, -0.15) is 4.98 Å². The Morgan fingerprint density at radius 2 is 2.06 bits per heavy atom. The van der Waals surface area contributed by atoms with Crippen LogP contribution in [0, 0.1) is 13.8 Å². The first kappa shape index (κ1) is 12.6. The molecule has 0 aliphatic rings. The van der Waals surface area contributed by atoms with Crippen LogP contribution >= 0.6 is 0 Å². The monoisotopic (exact) mass is 246 g/mol. The number of hydrogen-bond acceptors (Lipinski definition) is 4. The van der Waals surface area contributed by atoms with Crippen LogP contribution in [0.15, 0.2) is 22.7 Å². The van der Waals surface area contributed by atoms with Gasteiger partial charge in [-0.25, -0.2) is 0 Å². The molecule has 0 spiro atoms. The van der Waals surface area contributed by atoms with Crippen molar-refractivity contribution in [1.29, 1.82) is 0 Å². The van der Waals surface area contributed by atoms with Gasteiger partial charge in [-0.1, -0.05) is 31.1 Å². The largest absolute Gasteiger partial charge is 0.483 e. The maximum atomic E-state index is 5.70. The Hall–Kier alpha value is -1.84. The van der Waals surface area contributed by atoms with Gasteiger partial charge < -0.3 is 9.26 Å². The fourth-order valence-electron chi connectivity index (χ4n) is 1.56. The van der Waals surface area contributed by atoms with Crippen molar-refractivity contribution in [2.45, 2.75) is 40.2 Å². The second-order valence-corrected chi connectivity index (χ2v) is 4.76. The van der Waals surface area contributed by atoms with E-state index in [1.165, 1.54) is 5.56 Å². The van der Waals surface area contributed by atoms with E-state index in [1.54, 1.807) is 0 Å². The fraction of sp³-hybridized carbons (Fsp3) is 0.429. The number of ether oxygens (including phenoxy) is 1. The number of nitrogens with zero attached hydrogens (tertiary/aromatic N) is 2. The smallest absolute Gasteiger partial charge is 0.264 e. The zero-order chi connectivity index (χ0) is 13.1. The maximum Gasteiger partial charge on any atom is 0.264 e. The molecule has 0 saturated carbocycles. The molecule has 1 aromatic carbocycles. The highest BCUT2D eigenvalue weighted by atomic mass is 16.5. The Bertz CT molecular complexity index is 532. The van der Waals surface area contributed by atoms with Crippen molar-refractivity contribution < 1.29 is 9.26 Å². The lowest BCUT2D eigenvalue weighted by molar-refractivity contribution is 0.241. The second kappa shape index (κ2) is 5.21. The molecule has 0 bridgehead atoms. The van der Waals surface area contributed by atoms with Gasteiger partial charge in [0.2, 0.25) is 0 Å². The third-order valence-electron chi connectivity index (χ3n) is 2.69. The Kier molecular flexibility index (Phi) is 3.65. The number of aromatic nitrogens is 2. The van der Waals surface area contributed by atoms with Gasteiger partial charge in [0, 0.05) is 5.92 Å². The minimum atomic E-state index is 0.267. The van der Waals surface area contributed by atoms with Gasteiger partial charge in [-0.3, -0.25) is 0 Å². The summed E-state index contributed by atoms with van der Waals surface area (Å²) < 4.78 is 10.8. The molecule has 0 N–H and O–H groups in total. The molecule has 0 aliphatic carbocycles. The molecule has 0 unspecified atom stereocenters. The van der Waals surface area contributed by atoms with Crippen molar-refractivity contribution in [3.63, 3.8) is 0 Å². The van der Waals surface area contributed by atoms with Crippen LogP contribution in [0.25, 0.3) is 0 Å². The van der Waals surface area contributed by atoms with Crippen molar-refractivity contribution in [2.24, 2.45) is 0 Å². The lowest BCUT2D eigenvalue weighted by atomic mass is 10.1. The van der Waals surface area contributed by atoms with E-state index in [-0.39, 0.29) is 5.92 Å². The SMILES string of the molecule is Cc1ccc(C)c(OCc2nc(C(C)C)no2)c1. The van der Waals surface area contributed by atoms with E-state index in [0.717, 1.165) is 17.1 Å². The number of hydrogen-bond donors (Lipinski definition) is 0. The van der Waals surface area contributed by atoms with E-state index in [9.17, 15) is 0 Å². The summed E-state index contributed by atoms with van der Waals surface area (Å²) in [4.78, 5) is 4.27. The van der Waals surface area contributed by atoms with Gasteiger partial charge in [-0.15, -0.1) is 0 Å². The van der Waals surface area contributed by atoms with Gasteiger partial charge in [0.05, 0.1) is 0 Å². The second-order valence-electron chi connectivity index (χ2n) is 4.76. The summed E-state index contributed by atoms with van der Waals surface area (Å²) in [5, 5.41) is 3.90. The third kappa shape index (κ3) is 2.88. The maximum absolute atomic E-state index is 5.70.